The minimum Gasteiger partial charge on any atom is -0.456 e. The molecular weight excluding hydrogens is 356 g/mol. The zero-order chi connectivity index (χ0) is 19.5. The molecule has 0 amide bonds. The Bertz CT molecular complexity index is 1520. The normalized spacial score (nSPS) is 11.8. The maximum absolute atomic E-state index is 6.25. The topological polar surface area (TPSA) is 21.3 Å². The largest absolute Gasteiger partial charge is 0.456 e. The number of aromatic nitrogens is 1. The van der Waals surface area contributed by atoms with E-state index in [2.05, 4.69) is 108 Å². The van der Waals surface area contributed by atoms with Crippen molar-refractivity contribution in [1.82, 2.24) is 4.57 Å². The summed E-state index contributed by atoms with van der Waals surface area (Å²) in [6.45, 7) is 0. The predicted octanol–water partition coefficient (Wildman–Crippen LogP) is 6.75. The molecule has 29 heavy (non-hydrogen) atoms. The quantitative estimate of drug-likeness (QED) is 0.333. The van der Waals surface area contributed by atoms with Gasteiger partial charge in [-0.2, -0.15) is 0 Å². The molecule has 0 bridgehead atoms. The van der Waals surface area contributed by atoms with Crippen LogP contribution in [0.15, 0.2) is 89.3 Å². The Balaban J connectivity index is 1.77. The van der Waals surface area contributed by atoms with Crippen molar-refractivity contribution in [2.45, 2.75) is 0 Å². The molecule has 0 atom stereocenters. The van der Waals surface area contributed by atoms with Gasteiger partial charge in [0, 0.05) is 53.1 Å². The van der Waals surface area contributed by atoms with Gasteiger partial charge in [0.25, 0.3) is 0 Å². The zero-order valence-electron chi connectivity index (χ0n) is 16.4. The molecule has 0 N–H and O–H groups in total. The Morgan fingerprint density at radius 2 is 1.38 bits per heavy atom. The van der Waals surface area contributed by atoms with E-state index in [9.17, 15) is 0 Å². The second-order valence-electron chi connectivity index (χ2n) is 7.73. The SMILES string of the molecule is CN(C)c1ccc2oc3cc4c(cc3c2c1)c1ccccc1n4-c1ccccc1. The molecule has 0 aliphatic heterocycles. The van der Waals surface area contributed by atoms with E-state index in [0.29, 0.717) is 0 Å². The molecule has 2 aromatic heterocycles. The molecule has 0 saturated heterocycles. The number of hydrogen-bond donors (Lipinski definition) is 0. The van der Waals surface area contributed by atoms with E-state index in [1.165, 1.54) is 22.0 Å². The van der Waals surface area contributed by atoms with Gasteiger partial charge in [0.1, 0.15) is 11.2 Å². The molecule has 140 valence electrons. The van der Waals surface area contributed by atoms with Crippen LogP contribution in [0.25, 0.3) is 49.4 Å². The van der Waals surface area contributed by atoms with Crippen LogP contribution in [0.1, 0.15) is 0 Å². The van der Waals surface area contributed by atoms with E-state index >= 15 is 0 Å². The number of rotatable bonds is 2. The lowest BCUT2D eigenvalue weighted by molar-refractivity contribution is 0.669. The summed E-state index contributed by atoms with van der Waals surface area (Å²) in [4.78, 5) is 2.12. The lowest BCUT2D eigenvalue weighted by Crippen LogP contribution is -2.07. The predicted molar refractivity (Wildman–Crippen MR) is 122 cm³/mol. The van der Waals surface area contributed by atoms with Crippen LogP contribution in [0, 0.1) is 0 Å². The fourth-order valence-corrected chi connectivity index (χ4v) is 4.36. The first-order valence-electron chi connectivity index (χ1n) is 9.83. The van der Waals surface area contributed by atoms with Gasteiger partial charge in [0.15, 0.2) is 0 Å². The highest BCUT2D eigenvalue weighted by atomic mass is 16.3. The molecule has 0 saturated carbocycles. The number of hydrogen-bond acceptors (Lipinski definition) is 2. The first kappa shape index (κ1) is 16.3. The van der Waals surface area contributed by atoms with Crippen molar-refractivity contribution in [2.24, 2.45) is 0 Å². The van der Waals surface area contributed by atoms with E-state index in [1.807, 2.05) is 0 Å². The van der Waals surface area contributed by atoms with Crippen molar-refractivity contribution in [2.75, 3.05) is 19.0 Å². The minimum atomic E-state index is 0.920. The molecule has 0 fully saturated rings. The first-order valence-corrected chi connectivity index (χ1v) is 9.83. The number of furan rings is 1. The molecule has 2 heterocycles. The molecular formula is C26H20N2O. The van der Waals surface area contributed by atoms with Crippen LogP contribution in [-0.2, 0) is 0 Å². The van der Waals surface area contributed by atoms with E-state index in [-0.39, 0.29) is 0 Å². The Labute approximate surface area is 168 Å². The van der Waals surface area contributed by atoms with Gasteiger partial charge in [-0.15, -0.1) is 0 Å². The molecule has 6 aromatic rings. The smallest absolute Gasteiger partial charge is 0.137 e. The molecule has 3 nitrogen and oxygen atoms in total. The third-order valence-electron chi connectivity index (χ3n) is 5.78. The van der Waals surface area contributed by atoms with Gasteiger partial charge in [0.05, 0.1) is 11.0 Å². The van der Waals surface area contributed by atoms with Gasteiger partial charge >= 0.3 is 0 Å². The van der Waals surface area contributed by atoms with Gasteiger partial charge < -0.3 is 13.9 Å². The van der Waals surface area contributed by atoms with E-state index < -0.39 is 0 Å². The van der Waals surface area contributed by atoms with Gasteiger partial charge in [-0.3, -0.25) is 0 Å². The number of anilines is 1. The molecule has 0 aliphatic carbocycles. The maximum atomic E-state index is 6.25. The highest BCUT2D eigenvalue weighted by Crippen LogP contribution is 2.38. The minimum absolute atomic E-state index is 0.920. The zero-order valence-corrected chi connectivity index (χ0v) is 16.4. The number of benzene rings is 4. The summed E-state index contributed by atoms with van der Waals surface area (Å²) in [5.74, 6) is 0. The average molecular weight is 376 g/mol. The van der Waals surface area contributed by atoms with Crippen molar-refractivity contribution >= 4 is 49.4 Å². The van der Waals surface area contributed by atoms with Crippen molar-refractivity contribution in [3.63, 3.8) is 0 Å². The fraction of sp³-hybridized carbons (Fsp3) is 0.0769. The number of fused-ring (bicyclic) bond motifs is 6. The Hall–Kier alpha value is -3.72. The first-order chi connectivity index (χ1) is 14.2. The lowest BCUT2D eigenvalue weighted by atomic mass is 10.1. The lowest BCUT2D eigenvalue weighted by Gasteiger charge is -2.11. The molecule has 0 spiro atoms. The van der Waals surface area contributed by atoms with E-state index in [1.54, 1.807) is 0 Å². The summed E-state index contributed by atoms with van der Waals surface area (Å²) < 4.78 is 8.57. The average Bonchev–Trinajstić information content (AvgIpc) is 3.27. The van der Waals surface area contributed by atoms with Crippen LogP contribution in [-0.4, -0.2) is 18.7 Å². The molecule has 0 aliphatic rings. The Morgan fingerprint density at radius 3 is 2.21 bits per heavy atom. The standard InChI is InChI=1S/C26H20N2O/c1-27(2)18-12-13-25-21(14-18)22-15-20-19-10-6-7-11-23(19)28(17-8-4-3-5-9-17)24(20)16-26(22)29-25/h3-16H,1-2H3. The fourth-order valence-electron chi connectivity index (χ4n) is 4.36. The van der Waals surface area contributed by atoms with E-state index in [0.717, 1.165) is 33.1 Å². The molecule has 6 rings (SSSR count). The molecule has 0 radical (unpaired) electrons. The van der Waals surface area contributed by atoms with Crippen molar-refractivity contribution in [1.29, 1.82) is 0 Å². The number of nitrogens with zero attached hydrogens (tertiary/aromatic N) is 2. The third kappa shape index (κ3) is 2.31. The Morgan fingerprint density at radius 1 is 0.621 bits per heavy atom. The van der Waals surface area contributed by atoms with Crippen molar-refractivity contribution < 1.29 is 4.42 Å². The molecule has 0 unspecified atom stereocenters. The summed E-state index contributed by atoms with van der Waals surface area (Å²) in [7, 11) is 4.13. The van der Waals surface area contributed by atoms with Crippen LogP contribution in [0.4, 0.5) is 5.69 Å². The molecule has 3 heteroatoms. The molecule has 4 aromatic carbocycles. The summed E-state index contributed by atoms with van der Waals surface area (Å²) in [6.07, 6.45) is 0. The summed E-state index contributed by atoms with van der Waals surface area (Å²) in [5, 5.41) is 4.82. The van der Waals surface area contributed by atoms with Gasteiger partial charge in [-0.25, -0.2) is 0 Å². The van der Waals surface area contributed by atoms with Crippen LogP contribution in [0.5, 0.6) is 0 Å². The monoisotopic (exact) mass is 376 g/mol. The summed E-state index contributed by atoms with van der Waals surface area (Å²) >= 11 is 0. The highest BCUT2D eigenvalue weighted by molar-refractivity contribution is 6.17. The van der Waals surface area contributed by atoms with Gasteiger partial charge in [-0.05, 0) is 42.5 Å². The second-order valence-corrected chi connectivity index (χ2v) is 7.73. The summed E-state index contributed by atoms with van der Waals surface area (Å²) in [6, 6.07) is 30.0. The van der Waals surface area contributed by atoms with Crippen LogP contribution in [0.2, 0.25) is 0 Å². The van der Waals surface area contributed by atoms with Crippen molar-refractivity contribution in [3.8, 4) is 5.69 Å². The van der Waals surface area contributed by atoms with Crippen LogP contribution < -0.4 is 4.90 Å². The highest BCUT2D eigenvalue weighted by Gasteiger charge is 2.16. The van der Waals surface area contributed by atoms with Crippen LogP contribution in [0.3, 0.4) is 0 Å². The van der Waals surface area contributed by atoms with Gasteiger partial charge in [0.2, 0.25) is 0 Å². The maximum Gasteiger partial charge on any atom is 0.137 e. The van der Waals surface area contributed by atoms with Crippen LogP contribution >= 0.6 is 0 Å². The van der Waals surface area contributed by atoms with Gasteiger partial charge in [-0.1, -0.05) is 36.4 Å². The van der Waals surface area contributed by atoms with E-state index in [4.69, 9.17) is 4.42 Å². The Kier molecular flexibility index (Phi) is 3.30. The summed E-state index contributed by atoms with van der Waals surface area (Å²) in [5.41, 5.74) is 6.55. The van der Waals surface area contributed by atoms with Crippen molar-refractivity contribution in [3.05, 3.63) is 84.9 Å². The number of para-hydroxylation sites is 2. The second kappa shape index (κ2) is 5.89. The third-order valence-corrected chi connectivity index (χ3v) is 5.78.